The van der Waals surface area contributed by atoms with E-state index in [4.69, 9.17) is 0 Å². The molecular formula is C31H35N5O2. The molecule has 0 saturated carbocycles. The Balaban J connectivity index is 1.61. The largest absolute Gasteiger partial charge is 0.376 e. The Morgan fingerprint density at radius 2 is 1.68 bits per heavy atom. The molecular weight excluding hydrogens is 474 g/mol. The Hall–Kier alpha value is -4.39. The Labute approximate surface area is 224 Å². The van der Waals surface area contributed by atoms with Crippen LogP contribution in [0.1, 0.15) is 42.3 Å². The van der Waals surface area contributed by atoms with E-state index in [2.05, 4.69) is 36.4 Å². The van der Waals surface area contributed by atoms with Crippen molar-refractivity contribution in [3.63, 3.8) is 0 Å². The van der Waals surface area contributed by atoms with Gasteiger partial charge in [-0.25, -0.2) is 4.98 Å². The van der Waals surface area contributed by atoms with Gasteiger partial charge in [-0.3, -0.25) is 9.59 Å². The van der Waals surface area contributed by atoms with Gasteiger partial charge in [-0.2, -0.15) is 0 Å². The molecule has 0 radical (unpaired) electrons. The van der Waals surface area contributed by atoms with E-state index < -0.39 is 0 Å². The maximum atomic E-state index is 13.0. The number of amides is 1. The van der Waals surface area contributed by atoms with Crippen LogP contribution in [0.5, 0.6) is 0 Å². The van der Waals surface area contributed by atoms with Crippen molar-refractivity contribution >= 4 is 28.8 Å². The van der Waals surface area contributed by atoms with E-state index in [9.17, 15) is 9.59 Å². The van der Waals surface area contributed by atoms with Crippen LogP contribution in [0.3, 0.4) is 0 Å². The van der Waals surface area contributed by atoms with Crippen molar-refractivity contribution in [2.75, 3.05) is 29.6 Å². The zero-order chi connectivity index (χ0) is 27.6. The molecule has 2 N–H and O–H groups in total. The van der Waals surface area contributed by atoms with Crippen LogP contribution in [-0.2, 0) is 12.5 Å². The number of anilines is 4. The second-order valence-electron chi connectivity index (χ2n) is 10.7. The van der Waals surface area contributed by atoms with Gasteiger partial charge in [-0.15, -0.1) is 0 Å². The molecule has 7 nitrogen and oxygen atoms in total. The number of rotatable bonds is 6. The maximum absolute atomic E-state index is 13.0. The predicted octanol–water partition coefficient (Wildman–Crippen LogP) is 6.12. The van der Waals surface area contributed by atoms with Gasteiger partial charge in [0.15, 0.2) is 0 Å². The van der Waals surface area contributed by atoms with Crippen LogP contribution in [0.4, 0.5) is 22.9 Å². The van der Waals surface area contributed by atoms with E-state index in [1.807, 2.05) is 86.6 Å². The van der Waals surface area contributed by atoms with Gasteiger partial charge in [-0.05, 0) is 65.4 Å². The molecule has 0 atom stereocenters. The molecule has 0 unspecified atom stereocenters. The van der Waals surface area contributed by atoms with E-state index in [1.54, 1.807) is 24.0 Å². The van der Waals surface area contributed by atoms with Gasteiger partial charge < -0.3 is 20.1 Å². The molecule has 0 fully saturated rings. The molecule has 0 aliphatic rings. The van der Waals surface area contributed by atoms with E-state index in [-0.39, 0.29) is 16.9 Å². The van der Waals surface area contributed by atoms with Gasteiger partial charge >= 0.3 is 0 Å². The molecule has 2 aromatic heterocycles. The molecule has 0 saturated heterocycles. The number of carbonyl (C=O) groups excluding carboxylic acids is 1. The van der Waals surface area contributed by atoms with Gasteiger partial charge in [-0.1, -0.05) is 45.0 Å². The first-order chi connectivity index (χ1) is 17.9. The number of pyridine rings is 2. The summed E-state index contributed by atoms with van der Waals surface area (Å²) < 4.78 is 1.55. The number of benzene rings is 2. The fraction of sp³-hybridized carbons (Fsp3) is 0.258. The molecule has 0 spiro atoms. The van der Waals surface area contributed by atoms with Crippen molar-refractivity contribution in [3.8, 4) is 11.1 Å². The topological polar surface area (TPSA) is 79.3 Å². The summed E-state index contributed by atoms with van der Waals surface area (Å²) in [4.78, 5) is 32.3. The van der Waals surface area contributed by atoms with Crippen LogP contribution in [0.25, 0.3) is 11.1 Å². The SMILES string of the molecule is Cc1c(NC(=O)c2ccc(C(C)(C)C)cc2)cccc1-c1cc(Nc2ccc(N(C)C)cn2)c(=O)n(C)c1. The number of nitrogens with one attached hydrogen (secondary N) is 2. The van der Waals surface area contributed by atoms with Gasteiger partial charge in [0, 0.05) is 44.2 Å². The lowest BCUT2D eigenvalue weighted by atomic mass is 9.86. The highest BCUT2D eigenvalue weighted by molar-refractivity contribution is 6.05. The van der Waals surface area contributed by atoms with Crippen molar-refractivity contribution in [2.24, 2.45) is 7.05 Å². The maximum Gasteiger partial charge on any atom is 0.274 e. The number of carbonyl (C=O) groups is 1. The van der Waals surface area contributed by atoms with Crippen molar-refractivity contribution < 1.29 is 4.79 Å². The fourth-order valence-corrected chi connectivity index (χ4v) is 4.21. The molecule has 38 heavy (non-hydrogen) atoms. The van der Waals surface area contributed by atoms with Crippen LogP contribution in [0, 0.1) is 6.92 Å². The zero-order valence-corrected chi connectivity index (χ0v) is 23.1. The van der Waals surface area contributed by atoms with Crippen LogP contribution < -0.4 is 21.1 Å². The number of hydrogen-bond donors (Lipinski definition) is 2. The summed E-state index contributed by atoms with van der Waals surface area (Å²) >= 11 is 0. The molecule has 0 aliphatic heterocycles. The number of aryl methyl sites for hydroxylation is 1. The third-order valence-corrected chi connectivity index (χ3v) is 6.62. The monoisotopic (exact) mass is 509 g/mol. The van der Waals surface area contributed by atoms with Gasteiger partial charge in [0.25, 0.3) is 11.5 Å². The summed E-state index contributed by atoms with van der Waals surface area (Å²) in [6, 6.07) is 19.1. The van der Waals surface area contributed by atoms with E-state index in [1.165, 1.54) is 5.56 Å². The molecule has 1 amide bonds. The Morgan fingerprint density at radius 1 is 0.974 bits per heavy atom. The van der Waals surface area contributed by atoms with Crippen molar-refractivity contribution in [2.45, 2.75) is 33.1 Å². The minimum absolute atomic E-state index is 0.0230. The van der Waals surface area contributed by atoms with Crippen molar-refractivity contribution in [3.05, 3.63) is 100 Å². The molecule has 4 rings (SSSR count). The minimum atomic E-state index is -0.166. The first-order valence-corrected chi connectivity index (χ1v) is 12.6. The summed E-state index contributed by atoms with van der Waals surface area (Å²) in [5.74, 6) is 0.417. The molecule has 0 bridgehead atoms. The van der Waals surface area contributed by atoms with Gasteiger partial charge in [0.05, 0.1) is 11.9 Å². The summed E-state index contributed by atoms with van der Waals surface area (Å²) in [6.07, 6.45) is 3.55. The lowest BCUT2D eigenvalue weighted by Gasteiger charge is -2.19. The van der Waals surface area contributed by atoms with E-state index >= 15 is 0 Å². The summed E-state index contributed by atoms with van der Waals surface area (Å²) in [5.41, 5.74) is 6.42. The molecule has 7 heteroatoms. The first-order valence-electron chi connectivity index (χ1n) is 12.6. The normalized spacial score (nSPS) is 11.2. The predicted molar refractivity (Wildman–Crippen MR) is 157 cm³/mol. The van der Waals surface area contributed by atoms with E-state index in [0.29, 0.717) is 17.1 Å². The zero-order valence-electron chi connectivity index (χ0n) is 23.1. The minimum Gasteiger partial charge on any atom is -0.376 e. The van der Waals surface area contributed by atoms with E-state index in [0.717, 1.165) is 28.1 Å². The molecule has 196 valence electrons. The van der Waals surface area contributed by atoms with Gasteiger partial charge in [0.2, 0.25) is 0 Å². The fourth-order valence-electron chi connectivity index (χ4n) is 4.21. The third kappa shape index (κ3) is 5.78. The highest BCUT2D eigenvalue weighted by atomic mass is 16.1. The standard InChI is InChI=1S/C31H35N5O2/c1-20-25(9-8-10-26(20)34-29(37)21-11-13-23(14-12-21)31(2,3)4)22-17-27(30(38)36(7)19-22)33-28-16-15-24(18-32-28)35(5)6/h8-19H,1-7H3,(H,32,33)(H,34,37). The average Bonchev–Trinajstić information content (AvgIpc) is 2.87. The highest BCUT2D eigenvalue weighted by Gasteiger charge is 2.16. The molecule has 2 heterocycles. The van der Waals surface area contributed by atoms with Gasteiger partial charge in [0.1, 0.15) is 11.5 Å². The quantitative estimate of drug-likeness (QED) is 0.328. The molecule has 2 aromatic carbocycles. The van der Waals surface area contributed by atoms with Crippen molar-refractivity contribution in [1.29, 1.82) is 0 Å². The van der Waals surface area contributed by atoms with Crippen molar-refractivity contribution in [1.82, 2.24) is 9.55 Å². The third-order valence-electron chi connectivity index (χ3n) is 6.62. The molecule has 0 aliphatic carbocycles. The molecule has 4 aromatic rings. The number of hydrogen-bond acceptors (Lipinski definition) is 5. The lowest BCUT2D eigenvalue weighted by molar-refractivity contribution is 0.102. The smallest absolute Gasteiger partial charge is 0.274 e. The summed E-state index contributed by atoms with van der Waals surface area (Å²) in [5, 5.41) is 6.21. The Morgan fingerprint density at radius 3 is 2.29 bits per heavy atom. The number of nitrogens with zero attached hydrogens (tertiary/aromatic N) is 3. The van der Waals surface area contributed by atoms with Crippen LogP contribution >= 0.6 is 0 Å². The summed E-state index contributed by atoms with van der Waals surface area (Å²) in [6.45, 7) is 8.41. The Kier molecular flexibility index (Phi) is 7.39. The second-order valence-corrected chi connectivity index (χ2v) is 10.7. The lowest BCUT2D eigenvalue weighted by Crippen LogP contribution is -2.20. The summed E-state index contributed by atoms with van der Waals surface area (Å²) in [7, 11) is 5.62. The van der Waals surface area contributed by atoms with Crippen LogP contribution in [0.15, 0.2) is 77.9 Å². The first kappa shape index (κ1) is 26.7. The van der Waals surface area contributed by atoms with Crippen LogP contribution in [-0.4, -0.2) is 29.6 Å². The highest BCUT2D eigenvalue weighted by Crippen LogP contribution is 2.30. The second kappa shape index (κ2) is 10.5. The Bertz CT molecular complexity index is 1510. The average molecular weight is 510 g/mol. The number of aromatic nitrogens is 2. The van der Waals surface area contributed by atoms with Crippen LogP contribution in [0.2, 0.25) is 0 Å².